The summed E-state index contributed by atoms with van der Waals surface area (Å²) in [5.74, 6) is 0. The molecule has 0 radical (unpaired) electrons. The molecule has 1 aromatic rings. The summed E-state index contributed by atoms with van der Waals surface area (Å²) in [7, 11) is 0. The summed E-state index contributed by atoms with van der Waals surface area (Å²) in [6, 6.07) is 11.1. The molecule has 1 aliphatic carbocycles. The van der Waals surface area contributed by atoms with E-state index in [0.717, 1.165) is 0 Å². The van der Waals surface area contributed by atoms with Crippen LogP contribution in [0.4, 0.5) is 0 Å². The Balaban J connectivity index is 0.00000112. The maximum absolute atomic E-state index is 2.35. The number of rotatable bonds is 2. The third kappa shape index (κ3) is 2.68. The van der Waals surface area contributed by atoms with Crippen LogP contribution in [0.5, 0.6) is 0 Å². The minimum absolute atomic E-state index is 0. The second-order valence-electron chi connectivity index (χ2n) is 4.56. The molecule has 1 aromatic carbocycles. The van der Waals surface area contributed by atoms with Crippen LogP contribution in [0.25, 0.3) is 0 Å². The second kappa shape index (κ2) is 5.78. The molecule has 0 atom stereocenters. The molecule has 1 saturated carbocycles. The maximum atomic E-state index is 2.35. The predicted molar refractivity (Wildman–Crippen MR) is 68.6 cm³/mol. The molecule has 1 heteroatoms. The van der Waals surface area contributed by atoms with Gasteiger partial charge in [0.05, 0.1) is 0 Å². The Hall–Kier alpha value is -0.183. The van der Waals surface area contributed by atoms with Crippen LogP contribution < -0.4 is 0 Å². The van der Waals surface area contributed by atoms with Gasteiger partial charge < -0.3 is 0 Å². The molecule has 0 aliphatic heterocycles. The minimum atomic E-state index is 0. The molecule has 0 saturated heterocycles. The van der Waals surface area contributed by atoms with Crippen LogP contribution in [0, 0.1) is 0 Å². The molecule has 0 aromatic heterocycles. The predicted octanol–water partition coefficient (Wildman–Crippen LogP) is 3.65. The fourth-order valence-electron chi connectivity index (χ4n) is 2.87. The van der Waals surface area contributed by atoms with E-state index in [1.165, 1.54) is 38.5 Å². The normalized spacial score (nSPS) is 19.3. The van der Waals surface area contributed by atoms with Gasteiger partial charge in [-0.2, -0.15) is 0 Å². The molecular formula is C14H21Li. The molecule has 0 amide bonds. The Labute approximate surface area is 106 Å². The molecule has 0 bridgehead atoms. The van der Waals surface area contributed by atoms with Gasteiger partial charge in [0.2, 0.25) is 0 Å². The first-order chi connectivity index (χ1) is 6.87. The van der Waals surface area contributed by atoms with Crippen LogP contribution in [0.15, 0.2) is 30.3 Å². The Morgan fingerprint density at radius 1 is 1.00 bits per heavy atom. The summed E-state index contributed by atoms with van der Waals surface area (Å²) >= 11 is 0. The van der Waals surface area contributed by atoms with Crippen molar-refractivity contribution in [3.05, 3.63) is 35.9 Å². The van der Waals surface area contributed by atoms with Gasteiger partial charge in [0.25, 0.3) is 0 Å². The van der Waals surface area contributed by atoms with Gasteiger partial charge in [-0.1, -0.05) is 56.5 Å². The van der Waals surface area contributed by atoms with Crippen LogP contribution in [-0.4, -0.2) is 18.9 Å². The molecule has 78 valence electrons. The topological polar surface area (TPSA) is 0 Å². The summed E-state index contributed by atoms with van der Waals surface area (Å²) in [6.45, 7) is 2.35. The van der Waals surface area contributed by atoms with Gasteiger partial charge in [0.1, 0.15) is 0 Å². The zero-order valence-electron chi connectivity index (χ0n) is 9.13. The van der Waals surface area contributed by atoms with Gasteiger partial charge in [0.15, 0.2) is 0 Å². The molecule has 1 aliphatic rings. The average molecular weight is 196 g/mol. The van der Waals surface area contributed by atoms with Crippen LogP contribution in [0.2, 0.25) is 0 Å². The average Bonchev–Trinajstić information content (AvgIpc) is 2.31. The SMILES string of the molecule is CCC1(c2ccccc2)CCCCC1.[LiH]. The van der Waals surface area contributed by atoms with E-state index >= 15 is 0 Å². The van der Waals surface area contributed by atoms with E-state index in [9.17, 15) is 0 Å². The van der Waals surface area contributed by atoms with Gasteiger partial charge in [-0.25, -0.2) is 0 Å². The molecule has 0 spiro atoms. The van der Waals surface area contributed by atoms with Crippen molar-refractivity contribution in [3.63, 3.8) is 0 Å². The van der Waals surface area contributed by atoms with Gasteiger partial charge in [-0.15, -0.1) is 0 Å². The van der Waals surface area contributed by atoms with Crippen molar-refractivity contribution in [1.82, 2.24) is 0 Å². The number of benzene rings is 1. The fourth-order valence-corrected chi connectivity index (χ4v) is 2.87. The van der Waals surface area contributed by atoms with Crippen molar-refractivity contribution in [2.24, 2.45) is 0 Å². The summed E-state index contributed by atoms with van der Waals surface area (Å²) in [5, 5.41) is 0. The molecular weight excluding hydrogens is 175 g/mol. The molecule has 0 heterocycles. The fraction of sp³-hybridized carbons (Fsp3) is 0.571. The van der Waals surface area contributed by atoms with Crippen molar-refractivity contribution in [1.29, 1.82) is 0 Å². The van der Waals surface area contributed by atoms with Crippen molar-refractivity contribution in [2.45, 2.75) is 50.9 Å². The first-order valence-corrected chi connectivity index (χ1v) is 5.93. The molecule has 0 N–H and O–H groups in total. The van der Waals surface area contributed by atoms with Crippen LogP contribution >= 0.6 is 0 Å². The molecule has 15 heavy (non-hydrogen) atoms. The number of hydrogen-bond donors (Lipinski definition) is 0. The molecule has 0 unspecified atom stereocenters. The van der Waals surface area contributed by atoms with Gasteiger partial charge >= 0.3 is 18.9 Å². The Kier molecular flexibility index (Phi) is 4.97. The Morgan fingerprint density at radius 2 is 1.60 bits per heavy atom. The Morgan fingerprint density at radius 3 is 2.13 bits per heavy atom. The molecule has 1 fully saturated rings. The quantitative estimate of drug-likeness (QED) is 0.633. The Bertz CT molecular complexity index is 273. The van der Waals surface area contributed by atoms with E-state index in [-0.39, 0.29) is 18.9 Å². The van der Waals surface area contributed by atoms with Gasteiger partial charge in [-0.05, 0) is 30.2 Å². The monoisotopic (exact) mass is 196 g/mol. The summed E-state index contributed by atoms with van der Waals surface area (Å²) in [6.07, 6.45) is 8.37. The number of hydrogen-bond acceptors (Lipinski definition) is 0. The van der Waals surface area contributed by atoms with Crippen molar-refractivity contribution in [2.75, 3.05) is 0 Å². The van der Waals surface area contributed by atoms with Crippen molar-refractivity contribution >= 4 is 18.9 Å². The zero-order chi connectivity index (χ0) is 9.86. The van der Waals surface area contributed by atoms with E-state index in [0.29, 0.717) is 5.41 Å². The van der Waals surface area contributed by atoms with E-state index < -0.39 is 0 Å². The zero-order valence-corrected chi connectivity index (χ0v) is 9.13. The third-order valence-corrected chi connectivity index (χ3v) is 3.87. The van der Waals surface area contributed by atoms with E-state index in [1.807, 2.05) is 0 Å². The van der Waals surface area contributed by atoms with Crippen molar-refractivity contribution in [3.8, 4) is 0 Å². The van der Waals surface area contributed by atoms with Gasteiger partial charge in [-0.3, -0.25) is 0 Å². The van der Waals surface area contributed by atoms with Crippen LogP contribution in [-0.2, 0) is 5.41 Å². The van der Waals surface area contributed by atoms with Crippen LogP contribution in [0.3, 0.4) is 0 Å². The summed E-state index contributed by atoms with van der Waals surface area (Å²) in [4.78, 5) is 0. The van der Waals surface area contributed by atoms with E-state index in [1.54, 1.807) is 5.56 Å². The van der Waals surface area contributed by atoms with E-state index in [2.05, 4.69) is 37.3 Å². The third-order valence-electron chi connectivity index (χ3n) is 3.87. The standard InChI is InChI=1S/C14H20.Li.H/c1-2-14(11-7-4-8-12-14)13-9-5-3-6-10-13;;/h3,5-6,9-10H,2,4,7-8,11-12H2,1H3;;. The summed E-state index contributed by atoms with van der Waals surface area (Å²) in [5.41, 5.74) is 2.08. The van der Waals surface area contributed by atoms with Gasteiger partial charge in [0, 0.05) is 0 Å². The molecule has 0 nitrogen and oxygen atoms in total. The second-order valence-corrected chi connectivity index (χ2v) is 4.56. The summed E-state index contributed by atoms with van der Waals surface area (Å²) < 4.78 is 0. The molecule has 2 rings (SSSR count). The first kappa shape index (κ1) is 12.9. The van der Waals surface area contributed by atoms with Crippen molar-refractivity contribution < 1.29 is 0 Å². The first-order valence-electron chi connectivity index (χ1n) is 5.93. The van der Waals surface area contributed by atoms with E-state index in [4.69, 9.17) is 0 Å². The van der Waals surface area contributed by atoms with Crippen LogP contribution in [0.1, 0.15) is 51.0 Å².